The van der Waals surface area contributed by atoms with Gasteiger partial charge in [0.1, 0.15) is 0 Å². The van der Waals surface area contributed by atoms with E-state index in [1.165, 1.54) is 0 Å². The molecule has 1 amide bonds. The average Bonchev–Trinajstić information content (AvgIpc) is 2.49. The Hall–Kier alpha value is -2.36. The van der Waals surface area contributed by atoms with E-state index in [1.54, 1.807) is 13.2 Å². The molecule has 0 aliphatic carbocycles. The monoisotopic (exact) mass is 269 g/mol. The van der Waals surface area contributed by atoms with Crippen molar-refractivity contribution in [3.05, 3.63) is 59.4 Å². The molecule has 4 nitrogen and oxygen atoms in total. The fourth-order valence-corrected chi connectivity index (χ4v) is 2.12. The summed E-state index contributed by atoms with van der Waals surface area (Å²) in [7, 11) is 1.64. The number of benzene rings is 1. The van der Waals surface area contributed by atoms with Gasteiger partial charge >= 0.3 is 0 Å². The first-order valence-electron chi connectivity index (χ1n) is 6.61. The van der Waals surface area contributed by atoms with Crippen LogP contribution in [0.5, 0.6) is 0 Å². The van der Waals surface area contributed by atoms with E-state index in [0.717, 1.165) is 16.8 Å². The summed E-state index contributed by atoms with van der Waals surface area (Å²) in [4.78, 5) is 15.9. The number of rotatable bonds is 4. The maximum absolute atomic E-state index is 11.8. The van der Waals surface area contributed by atoms with Crippen LogP contribution in [0.2, 0.25) is 0 Å². The molecule has 0 saturated carbocycles. The Kier molecular flexibility index (Phi) is 4.35. The number of hydrogen-bond donors (Lipinski definition) is 2. The normalized spacial score (nSPS) is 11.8. The molecule has 1 heterocycles. The summed E-state index contributed by atoms with van der Waals surface area (Å²) in [6.45, 7) is 4.02. The van der Waals surface area contributed by atoms with Gasteiger partial charge in [-0.3, -0.25) is 9.78 Å². The highest BCUT2D eigenvalue weighted by Crippen LogP contribution is 2.24. The standard InChI is InChI=1S/C16H19N3O/c1-11-14(16(20)17-3)7-4-8-15(11)19-12(2)13-6-5-9-18-10-13/h4-10,12,19H,1-3H3,(H,17,20). The lowest BCUT2D eigenvalue weighted by atomic mass is 10.0. The van der Waals surface area contributed by atoms with Crippen LogP contribution < -0.4 is 10.6 Å². The molecule has 0 saturated heterocycles. The number of nitrogens with zero attached hydrogens (tertiary/aromatic N) is 1. The zero-order chi connectivity index (χ0) is 14.5. The summed E-state index contributed by atoms with van der Waals surface area (Å²) in [6, 6.07) is 9.77. The van der Waals surface area contributed by atoms with Crippen molar-refractivity contribution in [3.63, 3.8) is 0 Å². The van der Waals surface area contributed by atoms with Crippen molar-refractivity contribution >= 4 is 11.6 Å². The van der Waals surface area contributed by atoms with Gasteiger partial charge < -0.3 is 10.6 Å². The van der Waals surface area contributed by atoms with Gasteiger partial charge in [0, 0.05) is 30.7 Å². The van der Waals surface area contributed by atoms with Crippen LogP contribution in [-0.2, 0) is 0 Å². The summed E-state index contributed by atoms with van der Waals surface area (Å²) in [5, 5.41) is 6.08. The topological polar surface area (TPSA) is 54.0 Å². The van der Waals surface area contributed by atoms with Crippen molar-refractivity contribution < 1.29 is 4.79 Å². The van der Waals surface area contributed by atoms with E-state index in [4.69, 9.17) is 0 Å². The third-order valence-electron chi connectivity index (χ3n) is 3.36. The predicted molar refractivity (Wildman–Crippen MR) is 80.8 cm³/mol. The molecule has 2 rings (SSSR count). The first-order valence-corrected chi connectivity index (χ1v) is 6.61. The van der Waals surface area contributed by atoms with Crippen molar-refractivity contribution in [2.24, 2.45) is 0 Å². The lowest BCUT2D eigenvalue weighted by Gasteiger charge is -2.18. The van der Waals surface area contributed by atoms with Gasteiger partial charge in [0.25, 0.3) is 5.91 Å². The van der Waals surface area contributed by atoms with Crippen molar-refractivity contribution in [2.75, 3.05) is 12.4 Å². The Morgan fingerprint density at radius 3 is 2.70 bits per heavy atom. The number of anilines is 1. The van der Waals surface area contributed by atoms with Crippen LogP contribution in [-0.4, -0.2) is 17.9 Å². The van der Waals surface area contributed by atoms with Gasteiger partial charge in [-0.05, 0) is 43.2 Å². The molecule has 0 aliphatic rings. The summed E-state index contributed by atoms with van der Waals surface area (Å²) >= 11 is 0. The average molecular weight is 269 g/mol. The molecule has 0 bridgehead atoms. The quantitative estimate of drug-likeness (QED) is 0.897. The van der Waals surface area contributed by atoms with E-state index in [-0.39, 0.29) is 11.9 Å². The molecule has 4 heteroatoms. The SMILES string of the molecule is CNC(=O)c1cccc(NC(C)c2cccnc2)c1C. The third kappa shape index (κ3) is 2.96. The molecule has 2 N–H and O–H groups in total. The van der Waals surface area contributed by atoms with Crippen molar-refractivity contribution in [2.45, 2.75) is 19.9 Å². The van der Waals surface area contributed by atoms with Crippen LogP contribution in [0.25, 0.3) is 0 Å². The molecule has 1 aromatic heterocycles. The van der Waals surface area contributed by atoms with Gasteiger partial charge in [-0.25, -0.2) is 0 Å². The van der Waals surface area contributed by atoms with Crippen molar-refractivity contribution in [3.8, 4) is 0 Å². The summed E-state index contributed by atoms with van der Waals surface area (Å²) < 4.78 is 0. The van der Waals surface area contributed by atoms with Gasteiger partial charge in [-0.15, -0.1) is 0 Å². The van der Waals surface area contributed by atoms with Crippen LogP contribution in [0.3, 0.4) is 0 Å². The highest BCUT2D eigenvalue weighted by Gasteiger charge is 2.12. The van der Waals surface area contributed by atoms with E-state index < -0.39 is 0 Å². The number of hydrogen-bond acceptors (Lipinski definition) is 3. The zero-order valence-electron chi connectivity index (χ0n) is 12.0. The molecule has 1 atom stereocenters. The molecular formula is C16H19N3O. The minimum absolute atomic E-state index is 0.0693. The Labute approximate surface area is 119 Å². The van der Waals surface area contributed by atoms with E-state index in [9.17, 15) is 4.79 Å². The molecule has 0 spiro atoms. The number of aromatic nitrogens is 1. The summed E-state index contributed by atoms with van der Waals surface area (Å²) in [6.07, 6.45) is 3.60. The van der Waals surface area contributed by atoms with Gasteiger partial charge in [-0.2, -0.15) is 0 Å². The van der Waals surface area contributed by atoms with E-state index >= 15 is 0 Å². The lowest BCUT2D eigenvalue weighted by molar-refractivity contribution is 0.0962. The molecule has 2 aromatic rings. The molecule has 0 aliphatic heterocycles. The van der Waals surface area contributed by atoms with Crippen LogP contribution >= 0.6 is 0 Å². The van der Waals surface area contributed by atoms with E-state index in [2.05, 4.69) is 22.5 Å². The minimum Gasteiger partial charge on any atom is -0.378 e. The molecule has 104 valence electrons. The molecule has 1 aromatic carbocycles. The maximum atomic E-state index is 11.8. The Morgan fingerprint density at radius 1 is 1.25 bits per heavy atom. The Bertz CT molecular complexity index is 596. The van der Waals surface area contributed by atoms with Crippen LogP contribution in [0, 0.1) is 6.92 Å². The number of nitrogens with one attached hydrogen (secondary N) is 2. The minimum atomic E-state index is -0.0693. The largest absolute Gasteiger partial charge is 0.378 e. The second-order valence-electron chi connectivity index (χ2n) is 4.71. The third-order valence-corrected chi connectivity index (χ3v) is 3.36. The first kappa shape index (κ1) is 14.1. The second-order valence-corrected chi connectivity index (χ2v) is 4.71. The van der Waals surface area contributed by atoms with E-state index in [0.29, 0.717) is 5.56 Å². The van der Waals surface area contributed by atoms with Gasteiger partial charge in [0.2, 0.25) is 0 Å². The maximum Gasteiger partial charge on any atom is 0.251 e. The Morgan fingerprint density at radius 2 is 2.05 bits per heavy atom. The smallest absolute Gasteiger partial charge is 0.251 e. The van der Waals surface area contributed by atoms with Crippen molar-refractivity contribution in [1.29, 1.82) is 0 Å². The summed E-state index contributed by atoms with van der Waals surface area (Å²) in [5.41, 5.74) is 3.71. The van der Waals surface area contributed by atoms with Crippen molar-refractivity contribution in [1.82, 2.24) is 10.3 Å². The highest BCUT2D eigenvalue weighted by molar-refractivity contribution is 5.96. The summed E-state index contributed by atoms with van der Waals surface area (Å²) in [5.74, 6) is -0.0693. The number of carbonyl (C=O) groups is 1. The highest BCUT2D eigenvalue weighted by atomic mass is 16.1. The van der Waals surface area contributed by atoms with Gasteiger partial charge in [0.05, 0.1) is 6.04 Å². The number of carbonyl (C=O) groups excluding carboxylic acids is 1. The lowest BCUT2D eigenvalue weighted by Crippen LogP contribution is -2.19. The number of pyridine rings is 1. The predicted octanol–water partition coefficient (Wildman–Crippen LogP) is 2.92. The second kappa shape index (κ2) is 6.19. The molecule has 20 heavy (non-hydrogen) atoms. The molecular weight excluding hydrogens is 250 g/mol. The fraction of sp³-hybridized carbons (Fsp3) is 0.250. The van der Waals surface area contributed by atoms with Gasteiger partial charge in [-0.1, -0.05) is 12.1 Å². The van der Waals surface area contributed by atoms with Gasteiger partial charge in [0.15, 0.2) is 0 Å². The fourth-order valence-electron chi connectivity index (χ4n) is 2.12. The first-order chi connectivity index (χ1) is 9.63. The van der Waals surface area contributed by atoms with Crippen LogP contribution in [0.4, 0.5) is 5.69 Å². The Balaban J connectivity index is 2.24. The van der Waals surface area contributed by atoms with Crippen LogP contribution in [0.1, 0.15) is 34.5 Å². The number of amides is 1. The molecule has 0 fully saturated rings. The van der Waals surface area contributed by atoms with E-state index in [1.807, 2.05) is 43.5 Å². The van der Waals surface area contributed by atoms with Crippen LogP contribution in [0.15, 0.2) is 42.7 Å². The molecule has 1 unspecified atom stereocenters. The molecule has 0 radical (unpaired) electrons. The zero-order valence-corrected chi connectivity index (χ0v) is 12.0.